The fourth-order valence-corrected chi connectivity index (χ4v) is 2.97. The average molecular weight is 277 g/mol. The van der Waals surface area contributed by atoms with E-state index in [1.807, 2.05) is 60.7 Å². The molecule has 2 aromatic rings. The summed E-state index contributed by atoms with van der Waals surface area (Å²) in [5.41, 5.74) is 2.49. The summed E-state index contributed by atoms with van der Waals surface area (Å²) in [4.78, 5) is 12.9. The van der Waals surface area contributed by atoms with Crippen LogP contribution in [0.3, 0.4) is 0 Å². The second kappa shape index (κ2) is 5.57. The molecule has 1 unspecified atom stereocenters. The number of rotatable bonds is 4. The zero-order chi connectivity index (χ0) is 14.7. The van der Waals surface area contributed by atoms with Crippen molar-refractivity contribution in [1.82, 2.24) is 5.32 Å². The van der Waals surface area contributed by atoms with Gasteiger partial charge in [0, 0.05) is 6.54 Å². The van der Waals surface area contributed by atoms with Crippen molar-refractivity contribution in [3.05, 3.63) is 77.4 Å². The number of hydrogen-bond acceptors (Lipinski definition) is 1. The zero-order valence-electron chi connectivity index (χ0n) is 12.2. The number of nitrogens with one attached hydrogen (secondary N) is 1. The Morgan fingerprint density at radius 3 is 2.52 bits per heavy atom. The topological polar surface area (TPSA) is 29.1 Å². The second-order valence-electron chi connectivity index (χ2n) is 5.35. The third-order valence-electron chi connectivity index (χ3n) is 4.02. The quantitative estimate of drug-likeness (QED) is 0.910. The van der Waals surface area contributed by atoms with E-state index in [0.717, 1.165) is 23.1 Å². The van der Waals surface area contributed by atoms with Crippen LogP contribution in [0.1, 0.15) is 30.0 Å². The van der Waals surface area contributed by atoms with E-state index in [9.17, 15) is 4.79 Å². The van der Waals surface area contributed by atoms with Crippen LogP contribution in [-0.4, -0.2) is 12.5 Å². The van der Waals surface area contributed by atoms with Crippen LogP contribution in [0.4, 0.5) is 0 Å². The molecule has 0 bridgehead atoms. The first-order valence-electron chi connectivity index (χ1n) is 7.41. The lowest BCUT2D eigenvalue weighted by Gasteiger charge is -2.28. The SMILES string of the molecule is CCCNC(=O)C1(c2ccccc2)C=Cc2ccccc21. The molecule has 1 aliphatic rings. The Morgan fingerprint density at radius 2 is 1.76 bits per heavy atom. The minimum absolute atomic E-state index is 0.0525. The third kappa shape index (κ3) is 2.17. The highest BCUT2D eigenvalue weighted by Crippen LogP contribution is 2.41. The molecule has 0 aliphatic heterocycles. The zero-order valence-corrected chi connectivity index (χ0v) is 12.2. The van der Waals surface area contributed by atoms with E-state index in [0.29, 0.717) is 6.54 Å². The number of fused-ring (bicyclic) bond motifs is 1. The Morgan fingerprint density at radius 1 is 1.05 bits per heavy atom. The number of carbonyl (C=O) groups excluding carboxylic acids is 1. The monoisotopic (exact) mass is 277 g/mol. The Balaban J connectivity index is 2.14. The molecule has 1 N–H and O–H groups in total. The molecule has 2 aromatic carbocycles. The predicted octanol–water partition coefficient (Wildman–Crippen LogP) is 3.53. The van der Waals surface area contributed by atoms with Crippen molar-refractivity contribution < 1.29 is 4.79 Å². The number of benzene rings is 2. The van der Waals surface area contributed by atoms with Gasteiger partial charge in [0.1, 0.15) is 5.41 Å². The van der Waals surface area contributed by atoms with Crippen LogP contribution in [0.15, 0.2) is 60.7 Å². The lowest BCUT2D eigenvalue weighted by Crippen LogP contribution is -2.43. The summed E-state index contributed by atoms with van der Waals surface area (Å²) in [6, 6.07) is 18.1. The van der Waals surface area contributed by atoms with Gasteiger partial charge in [-0.2, -0.15) is 0 Å². The minimum atomic E-state index is -0.701. The maximum Gasteiger partial charge on any atom is 0.239 e. The summed E-state index contributed by atoms with van der Waals surface area (Å²) < 4.78 is 0. The van der Waals surface area contributed by atoms with Crippen molar-refractivity contribution >= 4 is 12.0 Å². The van der Waals surface area contributed by atoms with Crippen LogP contribution in [0.2, 0.25) is 0 Å². The van der Waals surface area contributed by atoms with Crippen LogP contribution in [0.5, 0.6) is 0 Å². The molecule has 0 fully saturated rings. The van der Waals surface area contributed by atoms with Crippen LogP contribution in [0, 0.1) is 0 Å². The molecule has 3 rings (SSSR count). The Hall–Kier alpha value is -2.35. The largest absolute Gasteiger partial charge is 0.355 e. The summed E-state index contributed by atoms with van der Waals surface area (Å²) in [5.74, 6) is 0.0525. The minimum Gasteiger partial charge on any atom is -0.355 e. The normalized spacial score (nSPS) is 19.3. The molecule has 1 amide bonds. The Labute approximate surface area is 125 Å². The molecule has 0 radical (unpaired) electrons. The van der Waals surface area contributed by atoms with Gasteiger partial charge < -0.3 is 5.32 Å². The van der Waals surface area contributed by atoms with Crippen molar-refractivity contribution in [3.8, 4) is 0 Å². The van der Waals surface area contributed by atoms with Gasteiger partial charge in [-0.3, -0.25) is 4.79 Å². The van der Waals surface area contributed by atoms with Crippen molar-refractivity contribution in [3.63, 3.8) is 0 Å². The lowest BCUT2D eigenvalue weighted by molar-refractivity contribution is -0.123. The van der Waals surface area contributed by atoms with Crippen molar-refractivity contribution in [2.45, 2.75) is 18.8 Å². The van der Waals surface area contributed by atoms with E-state index < -0.39 is 5.41 Å². The summed E-state index contributed by atoms with van der Waals surface area (Å²) >= 11 is 0. The fraction of sp³-hybridized carbons (Fsp3) is 0.211. The van der Waals surface area contributed by atoms with E-state index in [4.69, 9.17) is 0 Å². The van der Waals surface area contributed by atoms with Gasteiger partial charge in [-0.25, -0.2) is 0 Å². The van der Waals surface area contributed by atoms with Gasteiger partial charge in [0.05, 0.1) is 0 Å². The highest BCUT2D eigenvalue weighted by molar-refractivity contribution is 5.98. The molecular weight excluding hydrogens is 258 g/mol. The number of carbonyl (C=O) groups is 1. The van der Waals surface area contributed by atoms with Crippen molar-refractivity contribution in [1.29, 1.82) is 0 Å². The molecule has 2 heteroatoms. The maximum atomic E-state index is 12.9. The van der Waals surface area contributed by atoms with Gasteiger partial charge in [-0.15, -0.1) is 0 Å². The molecule has 0 aromatic heterocycles. The van der Waals surface area contributed by atoms with Gasteiger partial charge in [0.2, 0.25) is 5.91 Å². The van der Waals surface area contributed by atoms with Gasteiger partial charge in [-0.1, -0.05) is 73.7 Å². The highest BCUT2D eigenvalue weighted by Gasteiger charge is 2.43. The van der Waals surface area contributed by atoms with E-state index in [1.165, 1.54) is 0 Å². The molecule has 0 saturated carbocycles. The molecule has 1 atom stereocenters. The number of hydrogen-bond donors (Lipinski definition) is 1. The molecule has 2 nitrogen and oxygen atoms in total. The van der Waals surface area contributed by atoms with Crippen molar-refractivity contribution in [2.24, 2.45) is 0 Å². The average Bonchev–Trinajstić information content (AvgIpc) is 2.94. The molecule has 1 aliphatic carbocycles. The summed E-state index contributed by atoms with van der Waals surface area (Å²) in [6.45, 7) is 2.76. The van der Waals surface area contributed by atoms with Crippen LogP contribution >= 0.6 is 0 Å². The summed E-state index contributed by atoms with van der Waals surface area (Å²) in [6.07, 6.45) is 5.01. The van der Waals surface area contributed by atoms with E-state index in [2.05, 4.69) is 18.3 Å². The van der Waals surface area contributed by atoms with Crippen LogP contribution in [0.25, 0.3) is 6.08 Å². The van der Waals surface area contributed by atoms with E-state index in [-0.39, 0.29) is 5.91 Å². The molecule has 0 spiro atoms. The third-order valence-corrected chi connectivity index (χ3v) is 4.02. The number of amides is 1. The van der Waals surface area contributed by atoms with Crippen molar-refractivity contribution in [2.75, 3.05) is 6.54 Å². The van der Waals surface area contributed by atoms with Crippen LogP contribution < -0.4 is 5.32 Å². The van der Waals surface area contributed by atoms with Gasteiger partial charge in [0.15, 0.2) is 0 Å². The first kappa shape index (κ1) is 13.6. The first-order valence-corrected chi connectivity index (χ1v) is 7.41. The van der Waals surface area contributed by atoms with E-state index >= 15 is 0 Å². The predicted molar refractivity (Wildman–Crippen MR) is 86.0 cm³/mol. The standard InChI is InChI=1S/C19H19NO/c1-2-14-20-18(21)19(16-9-4-3-5-10-16)13-12-15-8-6-7-11-17(15)19/h3-13H,2,14H2,1H3,(H,20,21). The summed E-state index contributed by atoms with van der Waals surface area (Å²) in [7, 11) is 0. The molecule has 106 valence electrons. The van der Waals surface area contributed by atoms with Gasteiger partial charge in [-0.05, 0) is 23.1 Å². The maximum absolute atomic E-state index is 12.9. The molecule has 21 heavy (non-hydrogen) atoms. The molecular formula is C19H19NO. The highest BCUT2D eigenvalue weighted by atomic mass is 16.2. The molecule has 0 saturated heterocycles. The summed E-state index contributed by atoms with van der Waals surface area (Å²) in [5, 5.41) is 3.06. The van der Waals surface area contributed by atoms with Gasteiger partial charge in [0.25, 0.3) is 0 Å². The molecule has 0 heterocycles. The second-order valence-corrected chi connectivity index (χ2v) is 5.35. The lowest BCUT2D eigenvalue weighted by atomic mass is 9.75. The smallest absolute Gasteiger partial charge is 0.239 e. The van der Waals surface area contributed by atoms with Gasteiger partial charge >= 0.3 is 0 Å². The Kier molecular flexibility index (Phi) is 3.61. The first-order chi connectivity index (χ1) is 10.3. The van der Waals surface area contributed by atoms with E-state index in [1.54, 1.807) is 0 Å². The Bertz CT molecular complexity index is 675. The van der Waals surface area contributed by atoms with Crippen LogP contribution in [-0.2, 0) is 10.2 Å². The fourth-order valence-electron chi connectivity index (χ4n) is 2.97.